The van der Waals surface area contributed by atoms with Crippen molar-refractivity contribution in [3.05, 3.63) is 28.5 Å². The quantitative estimate of drug-likeness (QED) is 0.792. The van der Waals surface area contributed by atoms with Crippen LogP contribution in [0, 0.1) is 5.92 Å². The molecule has 0 spiro atoms. The van der Waals surface area contributed by atoms with E-state index in [9.17, 15) is 9.59 Å². The fourth-order valence-corrected chi connectivity index (χ4v) is 2.73. The van der Waals surface area contributed by atoms with Crippen molar-refractivity contribution in [2.45, 2.75) is 19.8 Å². The first-order valence-corrected chi connectivity index (χ1v) is 7.49. The highest BCUT2D eigenvalue weighted by Crippen LogP contribution is 2.22. The third-order valence-corrected chi connectivity index (χ3v) is 3.93. The predicted octanol–water partition coefficient (Wildman–Crippen LogP) is 2.26. The van der Waals surface area contributed by atoms with Gasteiger partial charge in [0.2, 0.25) is 0 Å². The molecule has 1 aliphatic rings. The van der Waals surface area contributed by atoms with Gasteiger partial charge in [-0.2, -0.15) is 0 Å². The van der Waals surface area contributed by atoms with Crippen molar-refractivity contribution in [3.8, 4) is 0 Å². The summed E-state index contributed by atoms with van der Waals surface area (Å²) in [7, 11) is 0. The van der Waals surface area contributed by atoms with Gasteiger partial charge >= 0.3 is 5.97 Å². The van der Waals surface area contributed by atoms with Crippen molar-refractivity contribution in [2.24, 2.45) is 5.92 Å². The topological polar surface area (TPSA) is 59.5 Å². The number of hydrogen-bond acceptors (Lipinski definition) is 4. The number of carbonyl (C=O) groups is 2. The fourth-order valence-electron chi connectivity index (χ4n) is 2.31. The standard InChI is InChI=1S/C14H17BrN2O3/c1-2-20-14(19)10-5-4-8-17(9-10)13(18)12-11(15)6-3-7-16-12/h3,6-7,10H,2,4-5,8-9H2,1H3. The minimum absolute atomic E-state index is 0.147. The lowest BCUT2D eigenvalue weighted by Gasteiger charge is -2.31. The van der Waals surface area contributed by atoms with E-state index in [-0.39, 0.29) is 17.8 Å². The van der Waals surface area contributed by atoms with E-state index in [1.807, 2.05) is 0 Å². The Labute approximate surface area is 126 Å². The molecule has 1 aliphatic heterocycles. The van der Waals surface area contributed by atoms with Gasteiger partial charge in [0.05, 0.1) is 12.5 Å². The van der Waals surface area contributed by atoms with Crippen LogP contribution in [-0.2, 0) is 9.53 Å². The lowest BCUT2D eigenvalue weighted by atomic mass is 9.98. The molecule has 0 bridgehead atoms. The van der Waals surface area contributed by atoms with Crippen LogP contribution in [0.1, 0.15) is 30.3 Å². The molecule has 0 saturated carbocycles. The maximum absolute atomic E-state index is 12.4. The van der Waals surface area contributed by atoms with Gasteiger partial charge in [-0.25, -0.2) is 4.98 Å². The van der Waals surface area contributed by atoms with E-state index in [2.05, 4.69) is 20.9 Å². The Morgan fingerprint density at radius 3 is 3.05 bits per heavy atom. The number of hydrogen-bond donors (Lipinski definition) is 0. The summed E-state index contributed by atoms with van der Waals surface area (Å²) in [5, 5.41) is 0. The van der Waals surface area contributed by atoms with Crippen molar-refractivity contribution in [3.63, 3.8) is 0 Å². The summed E-state index contributed by atoms with van der Waals surface area (Å²) in [4.78, 5) is 30.0. The molecule has 1 fully saturated rings. The van der Waals surface area contributed by atoms with Crippen LogP contribution in [0.2, 0.25) is 0 Å². The molecule has 0 aliphatic carbocycles. The van der Waals surface area contributed by atoms with E-state index in [1.165, 1.54) is 0 Å². The molecular formula is C14H17BrN2O3. The van der Waals surface area contributed by atoms with Crippen LogP contribution in [-0.4, -0.2) is 41.5 Å². The van der Waals surface area contributed by atoms with Gasteiger partial charge in [0, 0.05) is 23.8 Å². The average molecular weight is 341 g/mol. The number of halogens is 1. The second-order valence-corrected chi connectivity index (χ2v) is 5.53. The summed E-state index contributed by atoms with van der Waals surface area (Å²) >= 11 is 3.33. The number of pyridine rings is 1. The molecule has 5 nitrogen and oxygen atoms in total. The number of likely N-dealkylation sites (tertiary alicyclic amines) is 1. The highest BCUT2D eigenvalue weighted by Gasteiger charge is 2.30. The Bertz CT molecular complexity index is 507. The number of amides is 1. The molecule has 1 aromatic heterocycles. The van der Waals surface area contributed by atoms with Gasteiger partial charge in [-0.05, 0) is 47.8 Å². The summed E-state index contributed by atoms with van der Waals surface area (Å²) in [6.45, 7) is 3.21. The SMILES string of the molecule is CCOC(=O)C1CCCN(C(=O)c2ncccc2Br)C1. The number of piperidine rings is 1. The molecule has 0 N–H and O–H groups in total. The average Bonchev–Trinajstić information content (AvgIpc) is 2.47. The lowest BCUT2D eigenvalue weighted by molar-refractivity contribution is -0.149. The van der Waals surface area contributed by atoms with Crippen molar-refractivity contribution in [1.82, 2.24) is 9.88 Å². The van der Waals surface area contributed by atoms with Crippen LogP contribution in [0.25, 0.3) is 0 Å². The number of esters is 1. The minimum atomic E-state index is -0.227. The first kappa shape index (κ1) is 15.0. The fraction of sp³-hybridized carbons (Fsp3) is 0.500. The molecule has 0 radical (unpaired) electrons. The second-order valence-electron chi connectivity index (χ2n) is 4.68. The summed E-state index contributed by atoms with van der Waals surface area (Å²) in [6.07, 6.45) is 3.16. The number of nitrogens with zero attached hydrogens (tertiary/aromatic N) is 2. The van der Waals surface area contributed by atoms with Crippen LogP contribution in [0.15, 0.2) is 22.8 Å². The Balaban J connectivity index is 2.07. The van der Waals surface area contributed by atoms with E-state index in [0.29, 0.717) is 29.9 Å². The monoisotopic (exact) mass is 340 g/mol. The lowest BCUT2D eigenvalue weighted by Crippen LogP contribution is -2.43. The zero-order valence-electron chi connectivity index (χ0n) is 11.3. The smallest absolute Gasteiger partial charge is 0.310 e. The summed E-state index contributed by atoms with van der Waals surface area (Å²) in [5.74, 6) is -0.591. The number of aromatic nitrogens is 1. The molecule has 20 heavy (non-hydrogen) atoms. The Hall–Kier alpha value is -1.43. The van der Waals surface area contributed by atoms with Crippen molar-refractivity contribution < 1.29 is 14.3 Å². The predicted molar refractivity (Wildman–Crippen MR) is 77.2 cm³/mol. The van der Waals surface area contributed by atoms with Crippen LogP contribution in [0.4, 0.5) is 0 Å². The summed E-state index contributed by atoms with van der Waals surface area (Å²) in [5.41, 5.74) is 0.386. The van der Waals surface area contributed by atoms with Crippen LogP contribution in [0.5, 0.6) is 0 Å². The third-order valence-electron chi connectivity index (χ3n) is 3.29. The summed E-state index contributed by atoms with van der Waals surface area (Å²) < 4.78 is 5.71. The van der Waals surface area contributed by atoms with Gasteiger partial charge in [0.15, 0.2) is 0 Å². The number of ether oxygens (including phenoxy) is 1. The minimum Gasteiger partial charge on any atom is -0.466 e. The molecule has 1 unspecified atom stereocenters. The first-order chi connectivity index (χ1) is 9.63. The Morgan fingerprint density at radius 1 is 1.55 bits per heavy atom. The highest BCUT2D eigenvalue weighted by molar-refractivity contribution is 9.10. The van der Waals surface area contributed by atoms with Crippen molar-refractivity contribution in [1.29, 1.82) is 0 Å². The Kier molecular flexibility index (Phi) is 5.11. The van der Waals surface area contributed by atoms with Gasteiger partial charge < -0.3 is 9.64 Å². The van der Waals surface area contributed by atoms with Gasteiger partial charge in [-0.15, -0.1) is 0 Å². The summed E-state index contributed by atoms with van der Waals surface area (Å²) in [6, 6.07) is 3.55. The van der Waals surface area contributed by atoms with Crippen LogP contribution < -0.4 is 0 Å². The van der Waals surface area contributed by atoms with Gasteiger partial charge in [0.1, 0.15) is 5.69 Å². The molecule has 2 heterocycles. The van der Waals surface area contributed by atoms with E-state index in [4.69, 9.17) is 4.74 Å². The van der Waals surface area contributed by atoms with Crippen molar-refractivity contribution >= 4 is 27.8 Å². The molecule has 108 valence electrons. The molecule has 1 amide bonds. The zero-order chi connectivity index (χ0) is 14.5. The van der Waals surface area contributed by atoms with Crippen molar-refractivity contribution in [2.75, 3.05) is 19.7 Å². The maximum atomic E-state index is 12.4. The van der Waals surface area contributed by atoms with Crippen LogP contribution >= 0.6 is 15.9 Å². The zero-order valence-corrected chi connectivity index (χ0v) is 12.9. The van der Waals surface area contributed by atoms with E-state index >= 15 is 0 Å². The normalized spacial score (nSPS) is 18.7. The molecule has 2 rings (SSSR count). The van der Waals surface area contributed by atoms with E-state index in [0.717, 1.165) is 12.8 Å². The maximum Gasteiger partial charge on any atom is 0.310 e. The largest absolute Gasteiger partial charge is 0.466 e. The van der Waals surface area contributed by atoms with Gasteiger partial charge in [-0.1, -0.05) is 0 Å². The van der Waals surface area contributed by atoms with Crippen LogP contribution in [0.3, 0.4) is 0 Å². The second kappa shape index (κ2) is 6.83. The van der Waals surface area contributed by atoms with Gasteiger partial charge in [-0.3, -0.25) is 9.59 Å². The van der Waals surface area contributed by atoms with E-state index < -0.39 is 0 Å². The van der Waals surface area contributed by atoms with Gasteiger partial charge in [0.25, 0.3) is 5.91 Å². The molecule has 1 aromatic rings. The third kappa shape index (κ3) is 3.36. The Morgan fingerprint density at radius 2 is 2.35 bits per heavy atom. The van der Waals surface area contributed by atoms with E-state index in [1.54, 1.807) is 30.2 Å². The molecule has 1 atom stereocenters. The molecule has 6 heteroatoms. The molecule has 1 saturated heterocycles. The highest BCUT2D eigenvalue weighted by atomic mass is 79.9. The first-order valence-electron chi connectivity index (χ1n) is 6.70. The molecule has 0 aromatic carbocycles. The number of carbonyl (C=O) groups excluding carboxylic acids is 2. The number of rotatable bonds is 3. The molecular weight excluding hydrogens is 324 g/mol.